The largest absolute Gasteiger partial charge is 0.345 e. The lowest BCUT2D eigenvalue weighted by Crippen LogP contribution is -2.24. The van der Waals surface area contributed by atoms with Crippen molar-refractivity contribution in [2.45, 2.75) is 20.4 Å². The Kier molecular flexibility index (Phi) is 4.49. The van der Waals surface area contributed by atoms with E-state index in [0.29, 0.717) is 17.9 Å². The Morgan fingerprint density at radius 1 is 1.11 bits per heavy atom. The number of amides is 1. The lowest BCUT2D eigenvalue weighted by Gasteiger charge is -2.07. The van der Waals surface area contributed by atoms with Crippen molar-refractivity contribution in [3.05, 3.63) is 75.9 Å². The molecule has 0 fully saturated rings. The van der Waals surface area contributed by atoms with Gasteiger partial charge in [-0.3, -0.25) is 9.20 Å². The molecule has 0 spiro atoms. The van der Waals surface area contributed by atoms with E-state index in [9.17, 15) is 4.79 Å². The molecular formula is C19H17BrN6O. The second kappa shape index (κ2) is 6.96. The molecule has 0 aliphatic carbocycles. The SMILES string of the molecule is Cc1nn(-c2ccc(C(=O)NCc3nnc4ccccn34)cc2)c(C)c1Br. The van der Waals surface area contributed by atoms with Crippen LogP contribution in [0.4, 0.5) is 0 Å². The second-order valence-corrected chi connectivity index (χ2v) is 6.96. The summed E-state index contributed by atoms with van der Waals surface area (Å²) in [6.07, 6.45) is 1.87. The van der Waals surface area contributed by atoms with Crippen LogP contribution in [0, 0.1) is 13.8 Å². The summed E-state index contributed by atoms with van der Waals surface area (Å²) in [7, 11) is 0. The molecule has 0 aliphatic rings. The van der Waals surface area contributed by atoms with Gasteiger partial charge in [-0.2, -0.15) is 5.10 Å². The molecule has 1 amide bonds. The van der Waals surface area contributed by atoms with Gasteiger partial charge >= 0.3 is 0 Å². The maximum absolute atomic E-state index is 12.5. The normalized spacial score (nSPS) is 11.1. The summed E-state index contributed by atoms with van der Waals surface area (Å²) in [4.78, 5) is 12.5. The van der Waals surface area contributed by atoms with E-state index >= 15 is 0 Å². The third kappa shape index (κ3) is 3.23. The zero-order valence-corrected chi connectivity index (χ0v) is 16.4. The van der Waals surface area contributed by atoms with Crippen LogP contribution in [0.25, 0.3) is 11.3 Å². The smallest absolute Gasteiger partial charge is 0.251 e. The molecule has 8 heteroatoms. The number of carbonyl (C=O) groups excluding carboxylic acids is 1. The van der Waals surface area contributed by atoms with Gasteiger partial charge in [0.1, 0.15) is 0 Å². The number of carbonyl (C=O) groups is 1. The number of benzene rings is 1. The van der Waals surface area contributed by atoms with Gasteiger partial charge in [0.2, 0.25) is 0 Å². The summed E-state index contributed by atoms with van der Waals surface area (Å²) in [6.45, 7) is 4.24. The van der Waals surface area contributed by atoms with Gasteiger partial charge in [0.25, 0.3) is 5.91 Å². The van der Waals surface area contributed by atoms with Crippen LogP contribution in [0.1, 0.15) is 27.6 Å². The summed E-state index contributed by atoms with van der Waals surface area (Å²) in [6, 6.07) is 13.0. The minimum atomic E-state index is -0.163. The Bertz CT molecular complexity index is 1130. The number of hydrogen-bond acceptors (Lipinski definition) is 4. The van der Waals surface area contributed by atoms with E-state index in [1.165, 1.54) is 0 Å². The van der Waals surface area contributed by atoms with Gasteiger partial charge in [-0.15, -0.1) is 10.2 Å². The third-order valence-corrected chi connectivity index (χ3v) is 5.52. The van der Waals surface area contributed by atoms with Crippen LogP contribution < -0.4 is 5.32 Å². The Morgan fingerprint density at radius 3 is 2.59 bits per heavy atom. The fraction of sp³-hybridized carbons (Fsp3) is 0.158. The van der Waals surface area contributed by atoms with Gasteiger partial charge in [-0.25, -0.2) is 4.68 Å². The average molecular weight is 425 g/mol. The fourth-order valence-electron chi connectivity index (χ4n) is 2.90. The topological polar surface area (TPSA) is 77.1 Å². The van der Waals surface area contributed by atoms with Gasteiger partial charge in [-0.05, 0) is 66.2 Å². The predicted molar refractivity (Wildman–Crippen MR) is 105 cm³/mol. The number of hydrogen-bond donors (Lipinski definition) is 1. The molecule has 0 bridgehead atoms. The van der Waals surface area contributed by atoms with Crippen LogP contribution >= 0.6 is 15.9 Å². The highest BCUT2D eigenvalue weighted by Gasteiger charge is 2.12. The molecule has 4 aromatic rings. The van der Waals surface area contributed by atoms with Crippen molar-refractivity contribution >= 4 is 27.5 Å². The number of aryl methyl sites for hydroxylation is 1. The van der Waals surface area contributed by atoms with E-state index in [-0.39, 0.29) is 5.91 Å². The monoisotopic (exact) mass is 424 g/mol. The van der Waals surface area contributed by atoms with Crippen LogP contribution in [0.5, 0.6) is 0 Å². The van der Waals surface area contributed by atoms with E-state index in [1.54, 1.807) is 12.1 Å². The summed E-state index contributed by atoms with van der Waals surface area (Å²) in [5.74, 6) is 0.520. The Morgan fingerprint density at radius 2 is 1.89 bits per heavy atom. The van der Waals surface area contributed by atoms with Crippen molar-refractivity contribution in [1.29, 1.82) is 0 Å². The number of rotatable bonds is 4. The second-order valence-electron chi connectivity index (χ2n) is 6.17. The van der Waals surface area contributed by atoms with Crippen LogP contribution in [-0.2, 0) is 6.54 Å². The number of nitrogens with zero attached hydrogens (tertiary/aromatic N) is 5. The van der Waals surface area contributed by atoms with Crippen LogP contribution in [0.15, 0.2) is 53.1 Å². The van der Waals surface area contributed by atoms with Crippen molar-refractivity contribution in [3.63, 3.8) is 0 Å². The van der Waals surface area contributed by atoms with Crippen molar-refractivity contribution in [2.24, 2.45) is 0 Å². The minimum Gasteiger partial charge on any atom is -0.345 e. The molecule has 3 heterocycles. The minimum absolute atomic E-state index is 0.163. The zero-order valence-electron chi connectivity index (χ0n) is 14.8. The Balaban J connectivity index is 1.48. The molecule has 0 unspecified atom stereocenters. The molecule has 1 aromatic carbocycles. The Labute approximate surface area is 164 Å². The number of halogens is 1. The highest BCUT2D eigenvalue weighted by molar-refractivity contribution is 9.10. The van der Waals surface area contributed by atoms with Gasteiger partial charge < -0.3 is 5.32 Å². The Hall–Kier alpha value is -3.00. The molecule has 0 atom stereocenters. The van der Waals surface area contributed by atoms with Crippen molar-refractivity contribution in [3.8, 4) is 5.69 Å². The molecule has 1 N–H and O–H groups in total. The van der Waals surface area contributed by atoms with E-state index in [4.69, 9.17) is 0 Å². The fourth-order valence-corrected chi connectivity index (χ4v) is 3.15. The first kappa shape index (κ1) is 17.4. The molecule has 0 aliphatic heterocycles. The van der Waals surface area contributed by atoms with E-state index in [0.717, 1.165) is 27.2 Å². The summed E-state index contributed by atoms with van der Waals surface area (Å²) in [5, 5.41) is 15.6. The highest BCUT2D eigenvalue weighted by Crippen LogP contribution is 2.23. The van der Waals surface area contributed by atoms with Crippen LogP contribution in [0.2, 0.25) is 0 Å². The van der Waals surface area contributed by atoms with Crippen LogP contribution in [0.3, 0.4) is 0 Å². The van der Waals surface area contributed by atoms with Crippen LogP contribution in [-0.4, -0.2) is 30.3 Å². The third-order valence-electron chi connectivity index (χ3n) is 4.37. The van der Waals surface area contributed by atoms with E-state index in [2.05, 4.69) is 36.5 Å². The maximum atomic E-state index is 12.5. The lowest BCUT2D eigenvalue weighted by molar-refractivity contribution is 0.0950. The highest BCUT2D eigenvalue weighted by atomic mass is 79.9. The van der Waals surface area contributed by atoms with E-state index < -0.39 is 0 Å². The molecular weight excluding hydrogens is 408 g/mol. The number of pyridine rings is 1. The van der Waals surface area contributed by atoms with E-state index in [1.807, 2.05) is 59.5 Å². The first-order valence-electron chi connectivity index (χ1n) is 8.43. The van der Waals surface area contributed by atoms with Gasteiger partial charge in [0.15, 0.2) is 11.5 Å². The molecule has 0 radical (unpaired) electrons. The number of nitrogens with one attached hydrogen (secondary N) is 1. The molecule has 7 nitrogen and oxygen atoms in total. The summed E-state index contributed by atoms with van der Waals surface area (Å²) < 4.78 is 4.69. The molecule has 136 valence electrons. The molecule has 4 rings (SSSR count). The first-order valence-corrected chi connectivity index (χ1v) is 9.23. The van der Waals surface area contributed by atoms with Gasteiger partial charge in [0.05, 0.1) is 28.1 Å². The maximum Gasteiger partial charge on any atom is 0.251 e. The number of fused-ring (bicyclic) bond motifs is 1. The molecule has 0 saturated carbocycles. The van der Waals surface area contributed by atoms with Gasteiger partial charge in [-0.1, -0.05) is 6.07 Å². The zero-order chi connectivity index (χ0) is 19.0. The predicted octanol–water partition coefficient (Wildman–Crippen LogP) is 3.22. The summed E-state index contributed by atoms with van der Waals surface area (Å²) >= 11 is 3.53. The quantitative estimate of drug-likeness (QED) is 0.545. The average Bonchev–Trinajstić information content (AvgIpc) is 3.22. The molecule has 0 saturated heterocycles. The van der Waals surface area contributed by atoms with Crippen molar-refractivity contribution in [1.82, 2.24) is 29.7 Å². The lowest BCUT2D eigenvalue weighted by atomic mass is 10.2. The first-order chi connectivity index (χ1) is 13.0. The van der Waals surface area contributed by atoms with Gasteiger partial charge in [0, 0.05) is 11.8 Å². The van der Waals surface area contributed by atoms with Crippen molar-refractivity contribution < 1.29 is 4.79 Å². The van der Waals surface area contributed by atoms with Crippen molar-refractivity contribution in [2.75, 3.05) is 0 Å². The summed E-state index contributed by atoms with van der Waals surface area (Å²) in [5.41, 5.74) is 4.18. The molecule has 3 aromatic heterocycles. The standard InChI is InChI=1S/C19H17BrN6O/c1-12-18(20)13(2)26(24-12)15-8-6-14(7-9-15)19(27)21-11-17-23-22-16-5-3-4-10-25(16)17/h3-10H,11H2,1-2H3,(H,21,27). The number of aromatic nitrogens is 5. The molecule has 27 heavy (non-hydrogen) atoms.